The molecule has 51 heavy (non-hydrogen) atoms. The standard InChI is InChI=1S/C33H43N9O9/c1-36-25-17-28(47)42(32(25)51)26(16-20-6-10-22(45)11-7-20)31(50)41-24(15-19-4-8-21(44)9-5-19)30(49)40-23(3-2-12-38-33(34)35)29(48)39-18-27(46)37-13-14-43/h4-11,14,23-26,36,44-45H,2-3,12-13,15-18H2,1H3,(H,37,46)(H,39,48)(H,40,49)(H,41,50)(H4,34,35,38)/t23-,24?,25-,26-/m0/s1. The summed E-state index contributed by atoms with van der Waals surface area (Å²) in [4.78, 5) is 90.9. The first-order valence-corrected chi connectivity index (χ1v) is 16.1. The number of nitrogens with one attached hydrogen (secondary N) is 7. The Kier molecular flexibility index (Phi) is 14.9. The highest BCUT2D eigenvalue weighted by atomic mass is 16.3. The van der Waals surface area contributed by atoms with Crippen molar-refractivity contribution in [2.24, 2.45) is 5.73 Å². The number of amides is 6. The lowest BCUT2D eigenvalue weighted by Gasteiger charge is -2.29. The number of nitrogens with two attached hydrogens (primary N) is 1. The number of phenols is 2. The summed E-state index contributed by atoms with van der Waals surface area (Å²) < 4.78 is 0. The molecule has 0 aromatic heterocycles. The number of nitrogens with zero attached hydrogens (tertiary/aromatic N) is 1. The van der Waals surface area contributed by atoms with E-state index in [4.69, 9.17) is 11.1 Å². The minimum Gasteiger partial charge on any atom is -0.508 e. The van der Waals surface area contributed by atoms with Crippen LogP contribution in [0.4, 0.5) is 0 Å². The molecule has 1 heterocycles. The number of carbonyl (C=O) groups is 7. The third kappa shape index (κ3) is 12.1. The summed E-state index contributed by atoms with van der Waals surface area (Å²) in [6.45, 7) is -0.585. The van der Waals surface area contributed by atoms with Crippen molar-refractivity contribution >= 4 is 47.7 Å². The van der Waals surface area contributed by atoms with Crippen molar-refractivity contribution in [3.05, 3.63) is 59.7 Å². The second-order valence-electron chi connectivity index (χ2n) is 11.7. The van der Waals surface area contributed by atoms with E-state index in [1.807, 2.05) is 0 Å². The second-order valence-corrected chi connectivity index (χ2v) is 11.7. The predicted octanol–water partition coefficient (Wildman–Crippen LogP) is -2.74. The molecule has 274 valence electrons. The molecule has 18 heteroatoms. The maximum atomic E-state index is 14.1. The highest BCUT2D eigenvalue weighted by molar-refractivity contribution is 6.09. The van der Waals surface area contributed by atoms with Crippen molar-refractivity contribution in [3.8, 4) is 11.5 Å². The minimum atomic E-state index is -1.40. The smallest absolute Gasteiger partial charge is 0.247 e. The van der Waals surface area contributed by atoms with Gasteiger partial charge in [-0.05, 0) is 55.3 Å². The van der Waals surface area contributed by atoms with Gasteiger partial charge in [0.2, 0.25) is 35.4 Å². The average Bonchev–Trinajstić information content (AvgIpc) is 3.39. The van der Waals surface area contributed by atoms with Crippen LogP contribution in [0, 0.1) is 5.41 Å². The Bertz CT molecular complexity index is 1590. The van der Waals surface area contributed by atoms with Crippen molar-refractivity contribution in [3.63, 3.8) is 0 Å². The summed E-state index contributed by atoms with van der Waals surface area (Å²) in [5.74, 6) is -4.69. The van der Waals surface area contributed by atoms with Crippen LogP contribution >= 0.6 is 0 Å². The zero-order valence-electron chi connectivity index (χ0n) is 27.9. The SMILES string of the molecule is CN[C@H]1CC(=O)N([C@@H](Cc2ccc(O)cc2)C(=O)NC(Cc2ccc(O)cc2)C(=O)N[C@@H](CCCNC(=N)N)C(=O)NCC(=O)NCC=O)C1=O. The lowest BCUT2D eigenvalue weighted by molar-refractivity contribution is -0.147. The van der Waals surface area contributed by atoms with Gasteiger partial charge < -0.3 is 52.6 Å². The minimum absolute atomic E-state index is 0.0132. The van der Waals surface area contributed by atoms with Gasteiger partial charge >= 0.3 is 0 Å². The van der Waals surface area contributed by atoms with Gasteiger partial charge in [0.1, 0.15) is 35.9 Å². The molecular weight excluding hydrogens is 666 g/mol. The van der Waals surface area contributed by atoms with Gasteiger partial charge in [0, 0.05) is 19.4 Å². The Morgan fingerprint density at radius 3 is 2.02 bits per heavy atom. The molecule has 18 nitrogen and oxygen atoms in total. The van der Waals surface area contributed by atoms with Crippen LogP contribution in [-0.4, -0.2) is 114 Å². The first-order valence-electron chi connectivity index (χ1n) is 16.1. The Balaban J connectivity index is 1.91. The van der Waals surface area contributed by atoms with Gasteiger partial charge in [-0.1, -0.05) is 24.3 Å². The number of hydrogen-bond acceptors (Lipinski definition) is 11. The topological polar surface area (TPSA) is 285 Å². The molecule has 6 amide bonds. The van der Waals surface area contributed by atoms with E-state index in [-0.39, 0.29) is 62.7 Å². The zero-order chi connectivity index (χ0) is 37.5. The normalized spacial score (nSPS) is 15.6. The monoisotopic (exact) mass is 709 g/mol. The van der Waals surface area contributed by atoms with Crippen LogP contribution in [0.15, 0.2) is 48.5 Å². The zero-order valence-corrected chi connectivity index (χ0v) is 27.9. The number of imide groups is 1. The number of likely N-dealkylation sites (N-methyl/N-ethyl adjacent to an activating group) is 1. The van der Waals surface area contributed by atoms with Crippen molar-refractivity contribution in [1.82, 2.24) is 36.8 Å². The van der Waals surface area contributed by atoms with Gasteiger partial charge in [0.15, 0.2) is 5.96 Å². The summed E-state index contributed by atoms with van der Waals surface area (Å²) >= 11 is 0. The predicted molar refractivity (Wildman–Crippen MR) is 182 cm³/mol. The fraction of sp³-hybridized carbons (Fsp3) is 0.394. The highest BCUT2D eigenvalue weighted by Crippen LogP contribution is 2.21. The van der Waals surface area contributed by atoms with Crippen molar-refractivity contribution in [1.29, 1.82) is 5.41 Å². The van der Waals surface area contributed by atoms with E-state index < -0.39 is 66.2 Å². The molecule has 1 aliphatic heterocycles. The third-order valence-electron chi connectivity index (χ3n) is 7.94. The largest absolute Gasteiger partial charge is 0.508 e. The molecule has 1 saturated heterocycles. The molecule has 0 spiro atoms. The van der Waals surface area contributed by atoms with Gasteiger partial charge in [-0.3, -0.25) is 39.1 Å². The number of guanidine groups is 1. The Hall–Kier alpha value is -6.04. The van der Waals surface area contributed by atoms with Crippen LogP contribution in [0.2, 0.25) is 0 Å². The fourth-order valence-electron chi connectivity index (χ4n) is 5.28. The van der Waals surface area contributed by atoms with Crippen LogP contribution in [0.3, 0.4) is 0 Å². The number of carbonyl (C=O) groups excluding carboxylic acids is 7. The summed E-state index contributed by atoms with van der Waals surface area (Å²) in [6.07, 6.45) is 0.253. The number of benzene rings is 2. The van der Waals surface area contributed by atoms with Gasteiger partial charge in [-0.2, -0.15) is 0 Å². The first-order chi connectivity index (χ1) is 24.3. The van der Waals surface area contributed by atoms with Crippen molar-refractivity contribution in [2.75, 3.05) is 26.7 Å². The summed E-state index contributed by atoms with van der Waals surface area (Å²) in [6, 6.07) is 6.77. The molecular formula is C33H43N9O9. The lowest BCUT2D eigenvalue weighted by Crippen LogP contribution is -2.59. The molecule has 0 saturated carbocycles. The Morgan fingerprint density at radius 2 is 1.47 bits per heavy atom. The molecule has 11 N–H and O–H groups in total. The molecule has 1 unspecified atom stereocenters. The molecule has 2 aromatic carbocycles. The van der Waals surface area contributed by atoms with Gasteiger partial charge in [-0.25, -0.2) is 0 Å². The van der Waals surface area contributed by atoms with E-state index >= 15 is 0 Å². The molecule has 0 bridgehead atoms. The summed E-state index contributed by atoms with van der Waals surface area (Å²) in [7, 11) is 1.51. The van der Waals surface area contributed by atoms with E-state index in [0.29, 0.717) is 17.4 Å². The highest BCUT2D eigenvalue weighted by Gasteiger charge is 2.45. The van der Waals surface area contributed by atoms with Gasteiger partial charge in [-0.15, -0.1) is 0 Å². The van der Waals surface area contributed by atoms with Crippen molar-refractivity contribution < 1.29 is 43.8 Å². The summed E-state index contributed by atoms with van der Waals surface area (Å²) in [5, 5.41) is 42.2. The van der Waals surface area contributed by atoms with Gasteiger partial charge in [0.25, 0.3) is 0 Å². The molecule has 1 fully saturated rings. The van der Waals surface area contributed by atoms with E-state index in [2.05, 4.69) is 31.9 Å². The number of likely N-dealkylation sites (tertiary alicyclic amines) is 1. The maximum absolute atomic E-state index is 14.1. The molecule has 2 aromatic rings. The van der Waals surface area contributed by atoms with Crippen molar-refractivity contribution in [2.45, 2.75) is 56.3 Å². The number of phenolic OH excluding ortho intramolecular Hbond substituents is 2. The van der Waals surface area contributed by atoms with Crippen LogP contribution in [0.5, 0.6) is 11.5 Å². The number of hydrogen-bond donors (Lipinski definition) is 10. The van der Waals surface area contributed by atoms with E-state index in [0.717, 1.165) is 4.90 Å². The first kappa shape index (κ1) is 39.4. The fourth-order valence-corrected chi connectivity index (χ4v) is 5.28. The summed E-state index contributed by atoms with van der Waals surface area (Å²) in [5.41, 5.74) is 6.35. The number of aldehydes is 1. The van der Waals surface area contributed by atoms with E-state index in [1.165, 1.54) is 55.6 Å². The van der Waals surface area contributed by atoms with Crippen LogP contribution in [0.1, 0.15) is 30.4 Å². The van der Waals surface area contributed by atoms with Crippen LogP contribution < -0.4 is 37.6 Å². The average molecular weight is 710 g/mol. The number of aromatic hydroxyl groups is 2. The van der Waals surface area contributed by atoms with E-state index in [1.54, 1.807) is 0 Å². The number of rotatable bonds is 19. The molecule has 1 aliphatic rings. The molecule has 4 atom stereocenters. The van der Waals surface area contributed by atoms with Crippen LogP contribution in [-0.2, 0) is 46.4 Å². The quantitative estimate of drug-likeness (QED) is 0.0234. The van der Waals surface area contributed by atoms with E-state index in [9.17, 15) is 43.8 Å². The molecule has 3 rings (SSSR count). The lowest BCUT2D eigenvalue weighted by atomic mass is 10.0. The van der Waals surface area contributed by atoms with Crippen LogP contribution in [0.25, 0.3) is 0 Å². The Labute approximate surface area is 293 Å². The molecule has 0 radical (unpaired) electrons. The van der Waals surface area contributed by atoms with Gasteiger partial charge in [0.05, 0.1) is 25.6 Å². The second kappa shape index (κ2) is 19.2. The molecule has 0 aliphatic carbocycles. The maximum Gasteiger partial charge on any atom is 0.247 e. The Morgan fingerprint density at radius 1 is 0.882 bits per heavy atom. The third-order valence-corrected chi connectivity index (χ3v) is 7.94.